The fourth-order valence-electron chi connectivity index (χ4n) is 6.49. The van der Waals surface area contributed by atoms with Crippen molar-refractivity contribution in [3.63, 3.8) is 0 Å². The summed E-state index contributed by atoms with van der Waals surface area (Å²) in [7, 11) is 1.44. The van der Waals surface area contributed by atoms with Gasteiger partial charge in [-0.15, -0.1) is 0 Å². The predicted octanol–water partition coefficient (Wildman–Crippen LogP) is 5.29. The molecule has 0 amide bonds. The normalized spacial score (nSPS) is 29.1. The number of methoxy groups -OCH3 is 1. The van der Waals surface area contributed by atoms with Gasteiger partial charge in [-0.2, -0.15) is 5.26 Å². The number of hydrogen-bond acceptors (Lipinski definition) is 4. The van der Waals surface area contributed by atoms with Crippen molar-refractivity contribution in [3.05, 3.63) is 70.6 Å². The predicted molar refractivity (Wildman–Crippen MR) is 115 cm³/mol. The molecule has 1 saturated carbocycles. The molecule has 3 aliphatic carbocycles. The zero-order valence-electron chi connectivity index (χ0n) is 17.5. The Bertz CT molecular complexity index is 1100. The number of benzene rings is 1. The largest absolute Gasteiger partial charge is 0.465 e. The highest BCUT2D eigenvalue weighted by atomic mass is 16.5. The molecule has 2 aromatic rings. The van der Waals surface area contributed by atoms with Crippen LogP contribution in [0.15, 0.2) is 42.7 Å². The summed E-state index contributed by atoms with van der Waals surface area (Å²) in [5.41, 5.74) is 6.66. The highest BCUT2D eigenvalue weighted by molar-refractivity contribution is 5.89. The minimum atomic E-state index is -0.256. The first-order valence-electron chi connectivity index (χ1n) is 10.8. The zero-order valence-corrected chi connectivity index (χ0v) is 17.5. The molecule has 5 rings (SSSR count). The van der Waals surface area contributed by atoms with Gasteiger partial charge in [0, 0.05) is 12.4 Å². The second-order valence-corrected chi connectivity index (χ2v) is 9.20. The smallest absolute Gasteiger partial charge is 0.337 e. The van der Waals surface area contributed by atoms with E-state index in [4.69, 9.17) is 4.74 Å². The Kier molecular flexibility index (Phi) is 4.50. The number of hydrogen-bond donors (Lipinski definition) is 0. The fourth-order valence-corrected chi connectivity index (χ4v) is 6.49. The first-order chi connectivity index (χ1) is 14.5. The lowest BCUT2D eigenvalue weighted by molar-refractivity contribution is 0.0600. The number of allylic oxidation sites excluding steroid dienone is 2. The Balaban J connectivity index is 1.45. The Morgan fingerprint density at radius 2 is 2.13 bits per heavy atom. The topological polar surface area (TPSA) is 63.0 Å². The van der Waals surface area contributed by atoms with E-state index in [1.165, 1.54) is 30.2 Å². The Labute approximate surface area is 177 Å². The number of nitrogens with zero attached hydrogens (tertiary/aromatic N) is 2. The molecular weight excluding hydrogens is 372 g/mol. The van der Waals surface area contributed by atoms with E-state index in [9.17, 15) is 10.1 Å². The lowest BCUT2D eigenvalue weighted by Gasteiger charge is -2.50. The van der Waals surface area contributed by atoms with Gasteiger partial charge in [0.15, 0.2) is 0 Å². The molecule has 1 aromatic carbocycles. The second-order valence-electron chi connectivity index (χ2n) is 9.20. The molecule has 0 unspecified atom stereocenters. The van der Waals surface area contributed by atoms with E-state index in [1.807, 2.05) is 24.4 Å². The van der Waals surface area contributed by atoms with E-state index in [1.54, 1.807) is 6.20 Å². The van der Waals surface area contributed by atoms with Crippen molar-refractivity contribution >= 4 is 11.5 Å². The molecule has 4 atom stereocenters. The maximum atomic E-state index is 11.9. The van der Waals surface area contributed by atoms with Crippen LogP contribution in [0.2, 0.25) is 0 Å². The van der Waals surface area contributed by atoms with Crippen LogP contribution >= 0.6 is 0 Å². The van der Waals surface area contributed by atoms with E-state index in [2.05, 4.69) is 30.1 Å². The first-order valence-corrected chi connectivity index (χ1v) is 10.8. The number of rotatable bonds is 2. The highest BCUT2D eigenvalue weighted by Gasteiger charge is 2.51. The third kappa shape index (κ3) is 2.80. The molecule has 0 radical (unpaired) electrons. The second kappa shape index (κ2) is 7.09. The molecule has 1 fully saturated rings. The van der Waals surface area contributed by atoms with E-state index in [0.29, 0.717) is 28.9 Å². The lowest BCUT2D eigenvalue weighted by Crippen LogP contribution is -2.41. The molecule has 3 aliphatic rings. The van der Waals surface area contributed by atoms with Gasteiger partial charge in [0.1, 0.15) is 6.07 Å². The van der Waals surface area contributed by atoms with E-state index >= 15 is 0 Å². The summed E-state index contributed by atoms with van der Waals surface area (Å²) in [5, 5.41) is 9.28. The fraction of sp³-hybridized carbons (Fsp3) is 0.423. The van der Waals surface area contributed by atoms with Crippen LogP contribution in [0.25, 0.3) is 5.57 Å². The average Bonchev–Trinajstić information content (AvgIpc) is 3.15. The number of carbonyl (C=O) groups excluding carboxylic acids is 1. The SMILES string of the molecule is COC(=O)c1ccc2c(c1)CC[C@@H]1[C@@H]2CC[C@]2(C)C(c3cncc(C#N)c3)=CC[C@@H]12. The number of carbonyl (C=O) groups is 1. The van der Waals surface area contributed by atoms with Crippen molar-refractivity contribution in [3.8, 4) is 6.07 Å². The number of esters is 1. The number of aromatic nitrogens is 1. The minimum absolute atomic E-state index is 0.139. The molecule has 0 spiro atoms. The highest BCUT2D eigenvalue weighted by Crippen LogP contribution is 2.63. The molecule has 4 nitrogen and oxygen atoms in total. The molecule has 0 bridgehead atoms. The van der Waals surface area contributed by atoms with Crippen LogP contribution in [0.4, 0.5) is 0 Å². The van der Waals surface area contributed by atoms with E-state index < -0.39 is 0 Å². The molecule has 0 aliphatic heterocycles. The number of aryl methyl sites for hydroxylation is 1. The van der Waals surface area contributed by atoms with Crippen LogP contribution in [-0.4, -0.2) is 18.1 Å². The average molecular weight is 399 g/mol. The maximum Gasteiger partial charge on any atom is 0.337 e. The van der Waals surface area contributed by atoms with Crippen LogP contribution in [0.3, 0.4) is 0 Å². The van der Waals surface area contributed by atoms with Crippen molar-refractivity contribution in [2.75, 3.05) is 7.11 Å². The summed E-state index contributed by atoms with van der Waals surface area (Å²) < 4.78 is 4.90. The van der Waals surface area contributed by atoms with E-state index in [0.717, 1.165) is 31.2 Å². The van der Waals surface area contributed by atoms with Crippen LogP contribution < -0.4 is 0 Å². The Hall–Kier alpha value is -2.93. The van der Waals surface area contributed by atoms with Gasteiger partial charge in [-0.3, -0.25) is 4.98 Å². The summed E-state index contributed by atoms with van der Waals surface area (Å²) in [6.45, 7) is 2.42. The van der Waals surface area contributed by atoms with Gasteiger partial charge in [0.2, 0.25) is 0 Å². The van der Waals surface area contributed by atoms with Crippen LogP contribution in [-0.2, 0) is 11.2 Å². The van der Waals surface area contributed by atoms with Crippen molar-refractivity contribution < 1.29 is 9.53 Å². The van der Waals surface area contributed by atoms with E-state index in [-0.39, 0.29) is 11.4 Å². The number of nitriles is 1. The summed E-state index contributed by atoms with van der Waals surface area (Å²) in [4.78, 5) is 16.2. The molecule has 1 aromatic heterocycles. The molecule has 1 heterocycles. The third-order valence-electron chi connectivity index (χ3n) is 7.91. The number of pyridine rings is 1. The molecular formula is C26H26N2O2. The van der Waals surface area contributed by atoms with Gasteiger partial charge in [0.25, 0.3) is 0 Å². The van der Waals surface area contributed by atoms with Crippen LogP contribution in [0.5, 0.6) is 0 Å². The zero-order chi connectivity index (χ0) is 20.9. The maximum absolute atomic E-state index is 11.9. The molecule has 152 valence electrons. The Morgan fingerprint density at radius 3 is 2.93 bits per heavy atom. The van der Waals surface area contributed by atoms with Crippen molar-refractivity contribution in [2.45, 2.75) is 44.9 Å². The Morgan fingerprint density at radius 1 is 1.27 bits per heavy atom. The molecule has 30 heavy (non-hydrogen) atoms. The summed E-state index contributed by atoms with van der Waals surface area (Å²) in [6, 6.07) is 10.4. The number of fused-ring (bicyclic) bond motifs is 5. The van der Waals surface area contributed by atoms with Crippen molar-refractivity contribution in [1.82, 2.24) is 4.98 Å². The van der Waals surface area contributed by atoms with Gasteiger partial charge in [-0.05, 0) is 95.7 Å². The van der Waals surface area contributed by atoms with Gasteiger partial charge in [0.05, 0.1) is 18.2 Å². The summed E-state index contributed by atoms with van der Waals surface area (Å²) in [6.07, 6.45) is 11.5. The van der Waals surface area contributed by atoms with Crippen LogP contribution in [0, 0.1) is 28.6 Å². The van der Waals surface area contributed by atoms with Gasteiger partial charge in [-0.1, -0.05) is 19.1 Å². The third-order valence-corrected chi connectivity index (χ3v) is 7.91. The summed E-state index contributed by atoms with van der Waals surface area (Å²) in [5.74, 6) is 1.58. The molecule has 0 saturated heterocycles. The van der Waals surface area contributed by atoms with Crippen LogP contribution in [0.1, 0.15) is 71.1 Å². The lowest BCUT2D eigenvalue weighted by atomic mass is 9.54. The van der Waals surface area contributed by atoms with Gasteiger partial charge < -0.3 is 4.74 Å². The van der Waals surface area contributed by atoms with Gasteiger partial charge >= 0.3 is 5.97 Å². The quantitative estimate of drug-likeness (QED) is 0.645. The molecule has 0 N–H and O–H groups in total. The standard InChI is InChI=1S/C26H26N2O2/c1-26-10-9-21-20-5-4-18(25(29)30-2)12-17(20)3-6-22(21)24(26)8-7-23(26)19-11-16(13-27)14-28-15-19/h4-5,7,11-12,14-15,21-22,24H,3,6,8-10H2,1-2H3/t21-,22-,24+,26-/m1/s1. The van der Waals surface area contributed by atoms with Gasteiger partial charge in [-0.25, -0.2) is 4.79 Å². The monoisotopic (exact) mass is 398 g/mol. The van der Waals surface area contributed by atoms with Crippen molar-refractivity contribution in [2.24, 2.45) is 17.3 Å². The molecule has 4 heteroatoms. The first kappa shape index (κ1) is 19.1. The minimum Gasteiger partial charge on any atom is -0.465 e. The summed E-state index contributed by atoms with van der Waals surface area (Å²) >= 11 is 0. The van der Waals surface area contributed by atoms with Crippen molar-refractivity contribution in [1.29, 1.82) is 5.26 Å². The number of ether oxygens (including phenoxy) is 1.